The number of phenolic OH excluding ortho intramolecular Hbond substituents is 1. The molecule has 6 aromatic rings. The van der Waals surface area contributed by atoms with Gasteiger partial charge in [0.25, 0.3) is 5.91 Å². The quantitative estimate of drug-likeness (QED) is 0.0807. The molecule has 2 saturated heterocycles. The fraction of sp³-hybridized carbons (Fsp3) is 0.333. The molecule has 11 heteroatoms. The Balaban J connectivity index is 0.851. The number of piperidine rings is 2. The van der Waals surface area contributed by atoms with E-state index < -0.39 is 17.7 Å². The van der Waals surface area contributed by atoms with Gasteiger partial charge in [-0.3, -0.25) is 19.5 Å². The zero-order chi connectivity index (χ0) is 43.1. The van der Waals surface area contributed by atoms with Gasteiger partial charge < -0.3 is 29.9 Å². The van der Waals surface area contributed by atoms with Crippen LogP contribution in [-0.2, 0) is 21.7 Å². The van der Waals surface area contributed by atoms with Crippen molar-refractivity contribution in [3.05, 3.63) is 166 Å². The number of rotatable bonds is 14. The second-order valence-electron chi connectivity index (χ2n) is 16.9. The molecular formula is C51H54N4O7. The van der Waals surface area contributed by atoms with Gasteiger partial charge in [0, 0.05) is 48.4 Å². The lowest BCUT2D eigenvalue weighted by Crippen LogP contribution is -2.40. The first-order chi connectivity index (χ1) is 30.2. The Hall–Kier alpha value is -6.14. The highest BCUT2D eigenvalue weighted by atomic mass is 16.5. The van der Waals surface area contributed by atoms with Crippen LogP contribution in [0, 0.1) is 11.8 Å². The smallest absolute Gasteiger partial charge is 0.347 e. The first-order valence-electron chi connectivity index (χ1n) is 21.8. The minimum atomic E-state index is -2.04. The number of pyridine rings is 2. The molecule has 4 N–H and O–H groups in total. The van der Waals surface area contributed by atoms with Crippen LogP contribution in [0.5, 0.6) is 5.75 Å². The summed E-state index contributed by atoms with van der Waals surface area (Å²) in [6.45, 7) is 4.23. The molecule has 62 heavy (non-hydrogen) atoms. The predicted octanol–water partition coefficient (Wildman–Crippen LogP) is 7.74. The van der Waals surface area contributed by atoms with Gasteiger partial charge in [0.05, 0.1) is 29.5 Å². The third kappa shape index (κ3) is 9.65. The molecule has 0 bridgehead atoms. The first kappa shape index (κ1) is 42.5. The molecule has 4 heterocycles. The van der Waals surface area contributed by atoms with Gasteiger partial charge in [-0.15, -0.1) is 0 Å². The van der Waals surface area contributed by atoms with E-state index in [1.165, 1.54) is 17.7 Å². The number of esters is 1. The monoisotopic (exact) mass is 834 g/mol. The molecule has 2 aliphatic rings. The maximum absolute atomic E-state index is 14.0. The van der Waals surface area contributed by atoms with Crippen LogP contribution in [0.25, 0.3) is 22.2 Å². The maximum Gasteiger partial charge on any atom is 0.347 e. The third-order valence-corrected chi connectivity index (χ3v) is 12.7. The Morgan fingerprint density at radius 1 is 0.806 bits per heavy atom. The van der Waals surface area contributed by atoms with Crippen molar-refractivity contribution in [2.24, 2.45) is 11.8 Å². The Morgan fingerprint density at radius 3 is 2.24 bits per heavy atom. The van der Waals surface area contributed by atoms with Gasteiger partial charge >= 0.3 is 5.97 Å². The van der Waals surface area contributed by atoms with Crippen molar-refractivity contribution in [3.63, 3.8) is 0 Å². The zero-order valence-corrected chi connectivity index (χ0v) is 34.9. The summed E-state index contributed by atoms with van der Waals surface area (Å²) in [5.74, 6) is -0.188. The van der Waals surface area contributed by atoms with Crippen molar-refractivity contribution in [2.75, 3.05) is 32.8 Å². The molecule has 8 rings (SSSR count). The number of hydrogen-bond donors (Lipinski definition) is 4. The van der Waals surface area contributed by atoms with E-state index in [1.54, 1.807) is 72.9 Å². The largest absolute Gasteiger partial charge is 0.506 e. The lowest BCUT2D eigenvalue weighted by Gasteiger charge is -2.33. The molecule has 2 aromatic heterocycles. The number of ether oxygens (including phenoxy) is 1. The highest BCUT2D eigenvalue weighted by Gasteiger charge is 2.42. The van der Waals surface area contributed by atoms with Crippen molar-refractivity contribution < 1.29 is 29.6 Å². The molecule has 2 aliphatic heterocycles. The van der Waals surface area contributed by atoms with Gasteiger partial charge in [-0.2, -0.15) is 0 Å². The lowest BCUT2D eigenvalue weighted by atomic mass is 9.85. The van der Waals surface area contributed by atoms with Gasteiger partial charge in [-0.25, -0.2) is 4.79 Å². The van der Waals surface area contributed by atoms with E-state index in [4.69, 9.17) is 4.74 Å². The van der Waals surface area contributed by atoms with Crippen molar-refractivity contribution >= 4 is 22.8 Å². The number of nitrogens with one attached hydrogen (secondary N) is 1. The summed E-state index contributed by atoms with van der Waals surface area (Å²) < 4.78 is 5.93. The topological polar surface area (TPSA) is 156 Å². The minimum absolute atomic E-state index is 0.0304. The third-order valence-electron chi connectivity index (χ3n) is 12.7. The second kappa shape index (κ2) is 19.3. The molecule has 0 saturated carbocycles. The maximum atomic E-state index is 14.0. The number of nitrogens with zero attached hydrogens (tertiary/aromatic N) is 3. The fourth-order valence-corrected chi connectivity index (χ4v) is 9.04. The van der Waals surface area contributed by atoms with E-state index in [0.29, 0.717) is 69.8 Å². The summed E-state index contributed by atoms with van der Waals surface area (Å²) in [6, 6.07) is 36.2. The van der Waals surface area contributed by atoms with Crippen LogP contribution >= 0.6 is 0 Å². The normalized spacial score (nSPS) is 16.8. The summed E-state index contributed by atoms with van der Waals surface area (Å²) in [4.78, 5) is 50.9. The van der Waals surface area contributed by atoms with E-state index in [2.05, 4.69) is 39.1 Å². The van der Waals surface area contributed by atoms with Crippen LogP contribution < -0.4 is 5.56 Å². The number of fused-ring (bicyclic) bond motifs is 1. The summed E-state index contributed by atoms with van der Waals surface area (Å²) in [5, 5.41) is 34.1. The number of aliphatic hydroxyl groups is 2. The molecule has 320 valence electrons. The number of benzene rings is 4. The van der Waals surface area contributed by atoms with Crippen LogP contribution in [0.3, 0.4) is 0 Å². The number of amides is 1. The molecular weight excluding hydrogens is 781 g/mol. The fourth-order valence-electron chi connectivity index (χ4n) is 9.04. The van der Waals surface area contributed by atoms with Gasteiger partial charge in [0.2, 0.25) is 11.2 Å². The highest BCUT2D eigenvalue weighted by Crippen LogP contribution is 2.35. The number of aliphatic hydroxyl groups excluding tert-OH is 1. The number of aromatic nitrogens is 2. The van der Waals surface area contributed by atoms with Crippen molar-refractivity contribution in [1.29, 1.82) is 0 Å². The van der Waals surface area contributed by atoms with E-state index in [0.717, 1.165) is 58.2 Å². The van der Waals surface area contributed by atoms with Crippen LogP contribution in [0.15, 0.2) is 132 Å². The number of aromatic hydroxyl groups is 1. The molecule has 1 amide bonds. The SMILES string of the molecule is O=C(c1ccc(-c2cccc([C@](O)(C(=O)OCC3CCN(Cc4ccccc4)CC3)c3ccccc3)c2)nc1)N1CCC(CCC[C@H](O)c2ccc(O)c3[nH]c(=O)ccc23)CC1. The minimum Gasteiger partial charge on any atom is -0.506 e. The van der Waals surface area contributed by atoms with Crippen LogP contribution in [0.1, 0.15) is 83.7 Å². The molecule has 0 radical (unpaired) electrons. The summed E-state index contributed by atoms with van der Waals surface area (Å²) in [5.41, 5.74) is 2.49. The Bertz CT molecular complexity index is 2510. The zero-order valence-electron chi connectivity index (χ0n) is 34.9. The van der Waals surface area contributed by atoms with Crippen LogP contribution in [0.4, 0.5) is 0 Å². The van der Waals surface area contributed by atoms with E-state index in [1.807, 2.05) is 23.1 Å². The predicted molar refractivity (Wildman–Crippen MR) is 238 cm³/mol. The summed E-state index contributed by atoms with van der Waals surface area (Å²) in [7, 11) is 0. The molecule has 11 nitrogen and oxygen atoms in total. The number of carbonyl (C=O) groups excluding carboxylic acids is 2. The molecule has 0 aliphatic carbocycles. The lowest BCUT2D eigenvalue weighted by molar-refractivity contribution is -0.164. The van der Waals surface area contributed by atoms with Crippen molar-refractivity contribution in [2.45, 2.75) is 63.2 Å². The van der Waals surface area contributed by atoms with Gasteiger partial charge in [0.15, 0.2) is 0 Å². The number of likely N-dealkylation sites (tertiary alicyclic amines) is 2. The van der Waals surface area contributed by atoms with E-state index in [9.17, 15) is 29.7 Å². The van der Waals surface area contributed by atoms with Gasteiger partial charge in [0.1, 0.15) is 5.75 Å². The van der Waals surface area contributed by atoms with Crippen LogP contribution in [-0.4, -0.2) is 79.7 Å². The van der Waals surface area contributed by atoms with E-state index >= 15 is 0 Å². The number of aromatic amines is 1. The average molecular weight is 835 g/mol. The number of carbonyl (C=O) groups is 2. The Kier molecular flexibility index (Phi) is 13.2. The summed E-state index contributed by atoms with van der Waals surface area (Å²) >= 11 is 0. The van der Waals surface area contributed by atoms with Crippen LogP contribution in [0.2, 0.25) is 0 Å². The van der Waals surface area contributed by atoms with Crippen molar-refractivity contribution in [1.82, 2.24) is 19.8 Å². The molecule has 0 spiro atoms. The summed E-state index contributed by atoms with van der Waals surface area (Å²) in [6.07, 6.45) is 6.67. The highest BCUT2D eigenvalue weighted by molar-refractivity contribution is 5.94. The number of H-pyrrole nitrogens is 1. The van der Waals surface area contributed by atoms with Gasteiger partial charge in [-0.05, 0) is 104 Å². The van der Waals surface area contributed by atoms with E-state index in [-0.39, 0.29) is 29.7 Å². The molecule has 0 unspecified atom stereocenters. The molecule has 2 atom stereocenters. The molecule has 4 aromatic carbocycles. The standard InChI is InChI=1S/C51H54N4O7/c56-45(42-18-21-46(57)48-43(42)19-22-47(58)53-48)16-7-11-35-25-29-55(30-26-35)49(59)39-17-20-44(52-32-39)38-12-8-15-41(31-38)51(61,40-13-5-2-6-14-40)50(60)62-34-37-23-27-54(28-24-37)33-36-9-3-1-4-10-36/h1-6,8-10,12-15,17-22,31-32,35,37,45,56-57,61H,7,11,16,23-30,33-34H2,(H,53,58)/t45-,51-/m0/s1. The van der Waals surface area contributed by atoms with Gasteiger partial charge in [-0.1, -0.05) is 97.8 Å². The molecule has 2 fully saturated rings. The first-order valence-corrected chi connectivity index (χ1v) is 21.8. The second-order valence-corrected chi connectivity index (χ2v) is 16.9. The Labute approximate surface area is 361 Å². The average Bonchev–Trinajstić information content (AvgIpc) is 3.32. The Morgan fingerprint density at radius 2 is 1.52 bits per heavy atom. The van der Waals surface area contributed by atoms with Crippen molar-refractivity contribution in [3.8, 4) is 17.0 Å². The number of phenols is 1. The number of hydrogen-bond acceptors (Lipinski definition) is 9.